The van der Waals surface area contributed by atoms with Crippen molar-refractivity contribution in [3.8, 4) is 0 Å². The summed E-state index contributed by atoms with van der Waals surface area (Å²) in [4.78, 5) is 12.5. The van der Waals surface area contributed by atoms with Gasteiger partial charge < -0.3 is 14.9 Å². The standard InChI is InChI=1S/C20H32O4/c1-19-7-6-14-12(13(19)4-5-17(19)22)10-16(21)15-8-11(24-3)9-18(23)20(14,15)2/h11-16,18,21,23H,4-10H2,1-3H3/t11-,12?,13?,14?,15+,16-,18?,19?,20?/m0/s1. The van der Waals surface area contributed by atoms with Crippen LogP contribution in [-0.4, -0.2) is 41.4 Å². The summed E-state index contributed by atoms with van der Waals surface area (Å²) in [5, 5.41) is 22.0. The molecular weight excluding hydrogens is 304 g/mol. The van der Waals surface area contributed by atoms with Crippen molar-refractivity contribution in [3.63, 3.8) is 0 Å². The lowest BCUT2D eigenvalue weighted by molar-refractivity contribution is -0.213. The molecule has 0 aromatic carbocycles. The highest BCUT2D eigenvalue weighted by Gasteiger charge is 2.64. The van der Waals surface area contributed by atoms with E-state index < -0.39 is 6.10 Å². The molecule has 2 N–H and O–H groups in total. The number of hydrogen-bond acceptors (Lipinski definition) is 4. The maximum atomic E-state index is 12.5. The monoisotopic (exact) mass is 336 g/mol. The second-order valence-corrected chi connectivity index (χ2v) is 9.42. The Morgan fingerprint density at radius 3 is 2.50 bits per heavy atom. The van der Waals surface area contributed by atoms with E-state index in [9.17, 15) is 15.0 Å². The molecule has 136 valence electrons. The number of methoxy groups -OCH3 is 1. The van der Waals surface area contributed by atoms with Crippen LogP contribution >= 0.6 is 0 Å². The molecule has 4 aliphatic rings. The molecule has 4 rings (SSSR count). The predicted octanol–water partition coefficient (Wildman–Crippen LogP) is 2.55. The van der Waals surface area contributed by atoms with E-state index >= 15 is 0 Å². The van der Waals surface area contributed by atoms with Crippen LogP contribution in [0.15, 0.2) is 0 Å². The van der Waals surface area contributed by atoms with Crippen LogP contribution < -0.4 is 0 Å². The number of fused-ring (bicyclic) bond motifs is 5. The normalized spacial score (nSPS) is 57.2. The third-order valence-electron chi connectivity index (χ3n) is 8.78. The van der Waals surface area contributed by atoms with Gasteiger partial charge in [-0.3, -0.25) is 4.79 Å². The molecule has 0 saturated heterocycles. The van der Waals surface area contributed by atoms with Gasteiger partial charge in [0.1, 0.15) is 5.78 Å². The van der Waals surface area contributed by atoms with Gasteiger partial charge in [-0.2, -0.15) is 0 Å². The largest absolute Gasteiger partial charge is 0.393 e. The molecule has 0 aliphatic heterocycles. The van der Waals surface area contributed by atoms with Gasteiger partial charge in [-0.05, 0) is 55.8 Å². The molecule has 4 saturated carbocycles. The highest BCUT2D eigenvalue weighted by atomic mass is 16.5. The molecule has 0 bridgehead atoms. The topological polar surface area (TPSA) is 66.8 Å². The Balaban J connectivity index is 1.69. The van der Waals surface area contributed by atoms with Crippen molar-refractivity contribution in [2.75, 3.05) is 7.11 Å². The fourth-order valence-corrected chi connectivity index (χ4v) is 7.27. The van der Waals surface area contributed by atoms with E-state index in [1.54, 1.807) is 7.11 Å². The Morgan fingerprint density at radius 2 is 1.79 bits per heavy atom. The first kappa shape index (κ1) is 17.0. The fraction of sp³-hybridized carbons (Fsp3) is 0.950. The second kappa shape index (κ2) is 5.52. The lowest BCUT2D eigenvalue weighted by atomic mass is 9.44. The van der Waals surface area contributed by atoms with Gasteiger partial charge in [-0.1, -0.05) is 13.8 Å². The Kier molecular flexibility index (Phi) is 3.91. The molecule has 0 spiro atoms. The molecular formula is C20H32O4. The van der Waals surface area contributed by atoms with Crippen LogP contribution in [0.5, 0.6) is 0 Å². The van der Waals surface area contributed by atoms with E-state index in [4.69, 9.17) is 4.74 Å². The number of aliphatic hydroxyl groups excluding tert-OH is 2. The number of hydrogen-bond donors (Lipinski definition) is 2. The SMILES string of the molecule is CO[C@@H]1CC(O)C2(C)C3CCC4(C)C(=O)CCC4C3C[C@H](O)[C@H]2C1. The zero-order valence-electron chi connectivity index (χ0n) is 15.2. The summed E-state index contributed by atoms with van der Waals surface area (Å²) in [6, 6.07) is 0. The number of Topliss-reactive ketones (excluding diaryl/α,β-unsaturated/α-hetero) is 1. The summed E-state index contributed by atoms with van der Waals surface area (Å²) >= 11 is 0. The average Bonchev–Trinajstić information content (AvgIpc) is 2.85. The summed E-state index contributed by atoms with van der Waals surface area (Å²) in [7, 11) is 1.70. The Labute approximate surface area is 145 Å². The number of ether oxygens (including phenoxy) is 1. The van der Waals surface area contributed by atoms with Crippen molar-refractivity contribution in [3.05, 3.63) is 0 Å². The molecule has 0 heterocycles. The van der Waals surface area contributed by atoms with E-state index in [0.717, 1.165) is 32.1 Å². The predicted molar refractivity (Wildman–Crippen MR) is 90.3 cm³/mol. The minimum absolute atomic E-state index is 0.0474. The van der Waals surface area contributed by atoms with Crippen LogP contribution in [0.3, 0.4) is 0 Å². The number of carbonyl (C=O) groups excluding carboxylic acids is 1. The maximum Gasteiger partial charge on any atom is 0.139 e. The minimum atomic E-state index is -0.426. The van der Waals surface area contributed by atoms with Gasteiger partial charge in [-0.15, -0.1) is 0 Å². The van der Waals surface area contributed by atoms with Crippen molar-refractivity contribution in [2.24, 2.45) is 34.5 Å². The number of carbonyl (C=O) groups is 1. The Bertz CT molecular complexity index is 534. The van der Waals surface area contributed by atoms with Crippen molar-refractivity contribution >= 4 is 5.78 Å². The van der Waals surface area contributed by atoms with Gasteiger partial charge in [0.2, 0.25) is 0 Å². The lowest BCUT2D eigenvalue weighted by Gasteiger charge is -2.62. The van der Waals surface area contributed by atoms with E-state index in [0.29, 0.717) is 36.4 Å². The van der Waals surface area contributed by atoms with Crippen LogP contribution in [0.1, 0.15) is 58.8 Å². The van der Waals surface area contributed by atoms with E-state index in [2.05, 4.69) is 13.8 Å². The molecule has 4 aliphatic carbocycles. The summed E-state index contributed by atoms with van der Waals surface area (Å²) in [5.74, 6) is 1.72. The van der Waals surface area contributed by atoms with E-state index in [1.165, 1.54) is 0 Å². The molecule has 0 amide bonds. The van der Waals surface area contributed by atoms with Crippen LogP contribution in [0.2, 0.25) is 0 Å². The zero-order valence-corrected chi connectivity index (χ0v) is 15.2. The molecule has 4 fully saturated rings. The third-order valence-corrected chi connectivity index (χ3v) is 8.78. The molecule has 9 atom stereocenters. The van der Waals surface area contributed by atoms with E-state index in [1.807, 2.05) is 0 Å². The average molecular weight is 336 g/mol. The summed E-state index contributed by atoms with van der Waals surface area (Å²) in [6.07, 6.45) is 5.18. The van der Waals surface area contributed by atoms with Crippen LogP contribution in [0, 0.1) is 34.5 Å². The summed E-state index contributed by atoms with van der Waals surface area (Å²) in [6.45, 7) is 4.36. The Hall–Kier alpha value is -0.450. The van der Waals surface area contributed by atoms with Crippen LogP contribution in [0.4, 0.5) is 0 Å². The smallest absolute Gasteiger partial charge is 0.139 e. The molecule has 4 nitrogen and oxygen atoms in total. The maximum absolute atomic E-state index is 12.5. The van der Waals surface area contributed by atoms with Crippen LogP contribution in [0.25, 0.3) is 0 Å². The van der Waals surface area contributed by atoms with Crippen molar-refractivity contribution in [1.82, 2.24) is 0 Å². The first-order chi connectivity index (χ1) is 11.3. The lowest BCUT2D eigenvalue weighted by Crippen LogP contribution is -2.63. The molecule has 6 unspecified atom stereocenters. The molecule has 4 heteroatoms. The summed E-state index contributed by atoms with van der Waals surface area (Å²) < 4.78 is 5.52. The van der Waals surface area contributed by atoms with E-state index in [-0.39, 0.29) is 29.0 Å². The fourth-order valence-electron chi connectivity index (χ4n) is 7.27. The second-order valence-electron chi connectivity index (χ2n) is 9.42. The van der Waals surface area contributed by atoms with Crippen LogP contribution in [-0.2, 0) is 9.53 Å². The highest BCUT2D eigenvalue weighted by molar-refractivity contribution is 5.87. The molecule has 24 heavy (non-hydrogen) atoms. The van der Waals surface area contributed by atoms with Gasteiger partial charge in [0.15, 0.2) is 0 Å². The quantitative estimate of drug-likeness (QED) is 0.772. The molecule has 0 aromatic heterocycles. The van der Waals surface area contributed by atoms with Gasteiger partial charge in [0.25, 0.3) is 0 Å². The number of aliphatic hydroxyl groups is 2. The zero-order chi connectivity index (χ0) is 17.3. The van der Waals surface area contributed by atoms with Gasteiger partial charge in [-0.25, -0.2) is 0 Å². The van der Waals surface area contributed by atoms with Gasteiger partial charge >= 0.3 is 0 Å². The van der Waals surface area contributed by atoms with Crippen molar-refractivity contribution in [1.29, 1.82) is 0 Å². The van der Waals surface area contributed by atoms with Gasteiger partial charge in [0.05, 0.1) is 18.3 Å². The highest BCUT2D eigenvalue weighted by Crippen LogP contribution is 2.65. The van der Waals surface area contributed by atoms with Gasteiger partial charge in [0, 0.05) is 30.8 Å². The first-order valence-electron chi connectivity index (χ1n) is 9.74. The van der Waals surface area contributed by atoms with Crippen molar-refractivity contribution < 1.29 is 19.7 Å². The number of rotatable bonds is 1. The molecule has 0 aromatic rings. The first-order valence-corrected chi connectivity index (χ1v) is 9.74. The summed E-state index contributed by atoms with van der Waals surface area (Å²) in [5.41, 5.74) is -0.427. The minimum Gasteiger partial charge on any atom is -0.393 e. The molecule has 0 radical (unpaired) electrons. The Morgan fingerprint density at radius 1 is 1.04 bits per heavy atom. The number of ketones is 1. The third kappa shape index (κ3) is 2.05. The van der Waals surface area contributed by atoms with Crippen molar-refractivity contribution in [2.45, 2.75) is 77.1 Å².